The Morgan fingerprint density at radius 2 is 2.17 bits per heavy atom. The molecule has 0 saturated heterocycles. The number of carbonyl (C=O) groups excluding carboxylic acids is 1. The number of thiophene rings is 1. The van der Waals surface area contributed by atoms with Crippen molar-refractivity contribution >= 4 is 35.0 Å². The Balaban J connectivity index is 1.69. The third-order valence-electron chi connectivity index (χ3n) is 5.51. The number of aromatic nitrogens is 6. The van der Waals surface area contributed by atoms with Gasteiger partial charge in [-0.1, -0.05) is 43.1 Å². The number of unbranched alkanes of at least 4 members (excludes halogenated alkanes) is 1. The zero-order chi connectivity index (χ0) is 24.6. The van der Waals surface area contributed by atoms with Gasteiger partial charge in [-0.2, -0.15) is 5.21 Å². The van der Waals surface area contributed by atoms with E-state index in [1.54, 1.807) is 11.3 Å². The molecule has 4 aromatic rings. The number of hydrogen-bond acceptors (Lipinski definition) is 7. The Labute approximate surface area is 213 Å². The van der Waals surface area contributed by atoms with Gasteiger partial charge >= 0.3 is 5.97 Å². The van der Waals surface area contributed by atoms with E-state index in [0.29, 0.717) is 36.0 Å². The summed E-state index contributed by atoms with van der Waals surface area (Å²) in [5, 5.41) is 16.7. The van der Waals surface area contributed by atoms with Gasteiger partial charge in [0.15, 0.2) is 0 Å². The minimum absolute atomic E-state index is 0.314. The van der Waals surface area contributed by atoms with Crippen molar-refractivity contribution in [2.75, 3.05) is 6.61 Å². The number of halogens is 1. The van der Waals surface area contributed by atoms with Crippen molar-refractivity contribution in [1.29, 1.82) is 0 Å². The first kappa shape index (κ1) is 24.8. The van der Waals surface area contributed by atoms with Gasteiger partial charge in [0.2, 0.25) is 5.82 Å². The number of imidazole rings is 1. The molecule has 3 aromatic heterocycles. The summed E-state index contributed by atoms with van der Waals surface area (Å²) >= 11 is 8.27. The summed E-state index contributed by atoms with van der Waals surface area (Å²) in [6.07, 6.45) is 7.13. The van der Waals surface area contributed by atoms with Crippen molar-refractivity contribution in [2.45, 2.75) is 46.1 Å². The molecule has 10 heteroatoms. The van der Waals surface area contributed by atoms with Gasteiger partial charge in [0.05, 0.1) is 25.0 Å². The number of esters is 1. The van der Waals surface area contributed by atoms with E-state index in [9.17, 15) is 4.79 Å². The Morgan fingerprint density at radius 1 is 1.29 bits per heavy atom. The first-order chi connectivity index (χ1) is 17.1. The molecule has 0 spiro atoms. The summed E-state index contributed by atoms with van der Waals surface area (Å²) in [5.41, 5.74) is 3.15. The fourth-order valence-corrected chi connectivity index (χ4v) is 4.68. The lowest BCUT2D eigenvalue weighted by molar-refractivity contribution is -0.138. The summed E-state index contributed by atoms with van der Waals surface area (Å²) in [7, 11) is 0. The fourth-order valence-electron chi connectivity index (χ4n) is 3.72. The van der Waals surface area contributed by atoms with Crippen LogP contribution >= 0.6 is 22.9 Å². The average molecular weight is 511 g/mol. The predicted octanol–water partition coefficient (Wildman–Crippen LogP) is 5.36. The maximum Gasteiger partial charge on any atom is 0.334 e. The number of aromatic amines is 1. The molecular formula is C25H27ClN6O2S. The van der Waals surface area contributed by atoms with Crippen LogP contribution in [0.1, 0.15) is 48.6 Å². The SMILES string of the molecule is CCCCc1ncc(/C=C(\Cc2cccs2)C(=O)OCC)n1Cc1ccc(-c2nn[nH]n2)cc1Cl. The Kier molecular flexibility index (Phi) is 8.44. The molecule has 8 nitrogen and oxygen atoms in total. The quantitative estimate of drug-likeness (QED) is 0.215. The maximum absolute atomic E-state index is 12.8. The minimum Gasteiger partial charge on any atom is -0.463 e. The number of rotatable bonds is 11. The van der Waals surface area contributed by atoms with Crippen LogP contribution < -0.4 is 0 Å². The number of benzene rings is 1. The van der Waals surface area contributed by atoms with Crippen LogP contribution in [0.5, 0.6) is 0 Å². The summed E-state index contributed by atoms with van der Waals surface area (Å²) < 4.78 is 7.47. The van der Waals surface area contributed by atoms with Crippen molar-refractivity contribution in [3.63, 3.8) is 0 Å². The number of aryl methyl sites for hydroxylation is 1. The molecule has 35 heavy (non-hydrogen) atoms. The lowest BCUT2D eigenvalue weighted by Gasteiger charge is -2.13. The second kappa shape index (κ2) is 11.9. The molecule has 0 radical (unpaired) electrons. The van der Waals surface area contributed by atoms with Crippen LogP contribution in [0.2, 0.25) is 5.02 Å². The maximum atomic E-state index is 12.8. The van der Waals surface area contributed by atoms with Gasteiger partial charge < -0.3 is 9.30 Å². The van der Waals surface area contributed by atoms with Crippen LogP contribution in [0.25, 0.3) is 17.5 Å². The second-order valence-corrected chi connectivity index (χ2v) is 9.42. The Hall–Kier alpha value is -3.30. The van der Waals surface area contributed by atoms with E-state index in [0.717, 1.165) is 46.8 Å². The fraction of sp³-hybridized carbons (Fsp3) is 0.320. The average Bonchev–Trinajstić information content (AvgIpc) is 3.62. The van der Waals surface area contributed by atoms with E-state index >= 15 is 0 Å². The first-order valence-corrected chi connectivity index (χ1v) is 12.8. The molecule has 0 atom stereocenters. The number of nitrogens with zero attached hydrogens (tertiary/aromatic N) is 5. The first-order valence-electron chi connectivity index (χ1n) is 11.6. The molecule has 0 aliphatic carbocycles. The second-order valence-electron chi connectivity index (χ2n) is 7.98. The predicted molar refractivity (Wildman–Crippen MR) is 137 cm³/mol. The number of carbonyl (C=O) groups is 1. The van der Waals surface area contributed by atoms with Crippen LogP contribution in [0, 0.1) is 0 Å². The zero-order valence-electron chi connectivity index (χ0n) is 19.7. The molecule has 182 valence electrons. The van der Waals surface area contributed by atoms with Crippen molar-refractivity contribution in [2.24, 2.45) is 0 Å². The van der Waals surface area contributed by atoms with E-state index < -0.39 is 0 Å². The number of H-pyrrole nitrogens is 1. The number of ether oxygens (including phenoxy) is 1. The third kappa shape index (κ3) is 6.23. The van der Waals surface area contributed by atoms with Crippen molar-refractivity contribution in [3.8, 4) is 11.4 Å². The number of tetrazole rings is 1. The zero-order valence-corrected chi connectivity index (χ0v) is 21.3. The van der Waals surface area contributed by atoms with Gasteiger partial charge in [-0.25, -0.2) is 9.78 Å². The molecule has 1 N–H and O–H groups in total. The van der Waals surface area contributed by atoms with Gasteiger partial charge in [-0.05, 0) is 47.7 Å². The molecule has 0 amide bonds. The highest BCUT2D eigenvalue weighted by atomic mass is 35.5. The van der Waals surface area contributed by atoms with Crippen LogP contribution in [-0.2, 0) is 28.9 Å². The third-order valence-corrected chi connectivity index (χ3v) is 6.74. The normalized spacial score (nSPS) is 11.7. The summed E-state index contributed by atoms with van der Waals surface area (Å²) in [6.45, 7) is 4.81. The highest BCUT2D eigenvalue weighted by Gasteiger charge is 2.17. The standard InChI is InChI=1S/C25H27ClN6O2S/c1-3-5-8-23-27-15-20(12-19(25(33)34-4-2)13-21-7-6-11-35-21)32(23)16-18-10-9-17(14-22(18)26)24-28-30-31-29-24/h6-7,9-12,14-15H,3-5,8,13,16H2,1-2H3,(H,28,29,30,31)/b19-12+. The van der Waals surface area contributed by atoms with Crippen LogP contribution in [-0.4, -0.2) is 42.8 Å². The lowest BCUT2D eigenvalue weighted by Crippen LogP contribution is -2.11. The van der Waals surface area contributed by atoms with Crippen molar-refractivity contribution in [3.05, 3.63) is 74.5 Å². The number of nitrogens with one attached hydrogen (secondary N) is 1. The van der Waals surface area contributed by atoms with Crippen LogP contribution in [0.4, 0.5) is 0 Å². The molecule has 4 rings (SSSR count). The van der Waals surface area contributed by atoms with E-state index in [4.69, 9.17) is 16.3 Å². The highest BCUT2D eigenvalue weighted by molar-refractivity contribution is 7.09. The Bertz CT molecular complexity index is 1280. The smallest absolute Gasteiger partial charge is 0.334 e. The number of hydrogen-bond donors (Lipinski definition) is 1. The van der Waals surface area contributed by atoms with Gasteiger partial charge in [0.25, 0.3) is 0 Å². The van der Waals surface area contributed by atoms with E-state index in [2.05, 4.69) is 37.1 Å². The largest absolute Gasteiger partial charge is 0.463 e. The van der Waals surface area contributed by atoms with Gasteiger partial charge in [-0.3, -0.25) is 0 Å². The van der Waals surface area contributed by atoms with Gasteiger partial charge in [0, 0.05) is 33.9 Å². The molecule has 0 saturated carbocycles. The van der Waals surface area contributed by atoms with Crippen LogP contribution in [0.3, 0.4) is 0 Å². The monoisotopic (exact) mass is 510 g/mol. The molecule has 0 fully saturated rings. The molecule has 0 unspecified atom stereocenters. The molecule has 0 aliphatic rings. The van der Waals surface area contributed by atoms with E-state index in [-0.39, 0.29) is 5.97 Å². The topological polar surface area (TPSA) is 98.6 Å². The molecule has 0 aliphatic heterocycles. The van der Waals surface area contributed by atoms with Crippen LogP contribution in [0.15, 0.2) is 47.5 Å². The summed E-state index contributed by atoms with van der Waals surface area (Å²) in [6, 6.07) is 9.72. The minimum atomic E-state index is -0.314. The highest BCUT2D eigenvalue weighted by Crippen LogP contribution is 2.26. The Morgan fingerprint density at radius 3 is 2.86 bits per heavy atom. The summed E-state index contributed by atoms with van der Waals surface area (Å²) in [5.74, 6) is 1.13. The molecular weight excluding hydrogens is 484 g/mol. The summed E-state index contributed by atoms with van der Waals surface area (Å²) in [4.78, 5) is 18.6. The molecule has 1 aromatic carbocycles. The molecule has 0 bridgehead atoms. The molecule has 3 heterocycles. The van der Waals surface area contributed by atoms with Crippen molar-refractivity contribution in [1.82, 2.24) is 30.2 Å². The van der Waals surface area contributed by atoms with Crippen molar-refractivity contribution < 1.29 is 9.53 Å². The van der Waals surface area contributed by atoms with Gasteiger partial charge in [0.1, 0.15) is 5.82 Å². The lowest BCUT2D eigenvalue weighted by atomic mass is 10.1. The van der Waals surface area contributed by atoms with E-state index in [1.165, 1.54) is 0 Å². The van der Waals surface area contributed by atoms with Gasteiger partial charge in [-0.15, -0.1) is 21.5 Å². The van der Waals surface area contributed by atoms with E-state index in [1.807, 2.05) is 54.9 Å².